The van der Waals surface area contributed by atoms with Gasteiger partial charge in [-0.2, -0.15) is 0 Å². The highest BCUT2D eigenvalue weighted by atomic mass is 16.5. The summed E-state index contributed by atoms with van der Waals surface area (Å²) in [4.78, 5) is 13.9. The van der Waals surface area contributed by atoms with Crippen LogP contribution in [0, 0.1) is 0 Å². The minimum absolute atomic E-state index is 0.284. The Morgan fingerprint density at radius 1 is 1.20 bits per heavy atom. The normalized spacial score (nSPS) is 13.2. The topological polar surface area (TPSA) is 29.5 Å². The molecule has 3 nitrogen and oxygen atoms in total. The van der Waals surface area contributed by atoms with Gasteiger partial charge < -0.3 is 9.64 Å². The summed E-state index contributed by atoms with van der Waals surface area (Å²) >= 11 is 0. The van der Waals surface area contributed by atoms with Crippen LogP contribution in [0.3, 0.4) is 0 Å². The van der Waals surface area contributed by atoms with E-state index in [4.69, 9.17) is 4.74 Å². The molecule has 0 radical (unpaired) electrons. The van der Waals surface area contributed by atoms with Crippen LogP contribution in [0.5, 0.6) is 0 Å². The van der Waals surface area contributed by atoms with Gasteiger partial charge in [0.15, 0.2) is 0 Å². The number of ether oxygens (including phenoxy) is 1. The lowest BCUT2D eigenvalue weighted by atomic mass is 10.1. The third kappa shape index (κ3) is 2.39. The number of anilines is 1. The van der Waals surface area contributed by atoms with Gasteiger partial charge in [0.2, 0.25) is 0 Å². The van der Waals surface area contributed by atoms with Gasteiger partial charge in [-0.3, -0.25) is 0 Å². The van der Waals surface area contributed by atoms with Crippen LogP contribution in [0.4, 0.5) is 5.69 Å². The Morgan fingerprint density at radius 3 is 2.90 bits per heavy atom. The molecule has 0 saturated heterocycles. The molecule has 0 fully saturated rings. The SMILES string of the molecule is COC(=O)c1cccc(CN2CCc3ccccc32)c1. The molecule has 0 aromatic heterocycles. The maximum Gasteiger partial charge on any atom is 0.337 e. The Labute approximate surface area is 118 Å². The summed E-state index contributed by atoms with van der Waals surface area (Å²) in [6.45, 7) is 1.85. The van der Waals surface area contributed by atoms with E-state index in [1.807, 2.05) is 18.2 Å². The molecule has 0 spiro atoms. The summed E-state index contributed by atoms with van der Waals surface area (Å²) in [5, 5.41) is 0. The van der Waals surface area contributed by atoms with E-state index in [-0.39, 0.29) is 5.97 Å². The van der Waals surface area contributed by atoms with E-state index in [0.29, 0.717) is 5.56 Å². The van der Waals surface area contributed by atoms with Crippen molar-refractivity contribution in [3.63, 3.8) is 0 Å². The van der Waals surface area contributed by atoms with Gasteiger partial charge in [-0.25, -0.2) is 4.79 Å². The quantitative estimate of drug-likeness (QED) is 0.801. The zero-order chi connectivity index (χ0) is 13.9. The third-order valence-electron chi connectivity index (χ3n) is 3.70. The van der Waals surface area contributed by atoms with Crippen LogP contribution < -0.4 is 4.90 Å². The van der Waals surface area contributed by atoms with Crippen molar-refractivity contribution >= 4 is 11.7 Å². The van der Waals surface area contributed by atoms with Crippen molar-refractivity contribution < 1.29 is 9.53 Å². The Balaban J connectivity index is 1.81. The largest absolute Gasteiger partial charge is 0.465 e. The zero-order valence-corrected chi connectivity index (χ0v) is 11.5. The van der Waals surface area contributed by atoms with E-state index < -0.39 is 0 Å². The number of hydrogen-bond donors (Lipinski definition) is 0. The minimum Gasteiger partial charge on any atom is -0.465 e. The van der Waals surface area contributed by atoms with Gasteiger partial charge in [0.05, 0.1) is 12.7 Å². The Bertz CT molecular complexity index is 636. The molecule has 2 aromatic rings. The van der Waals surface area contributed by atoms with Gasteiger partial charge in [0, 0.05) is 18.8 Å². The predicted molar refractivity (Wildman–Crippen MR) is 79.0 cm³/mol. The minimum atomic E-state index is -0.284. The average Bonchev–Trinajstić information content (AvgIpc) is 2.90. The van der Waals surface area contributed by atoms with Crippen LogP contribution in [0.25, 0.3) is 0 Å². The number of hydrogen-bond acceptors (Lipinski definition) is 3. The van der Waals surface area contributed by atoms with Crippen LogP contribution >= 0.6 is 0 Å². The first-order valence-corrected chi connectivity index (χ1v) is 6.78. The number of fused-ring (bicyclic) bond motifs is 1. The second-order valence-electron chi connectivity index (χ2n) is 4.99. The molecule has 1 aliphatic rings. The first-order valence-electron chi connectivity index (χ1n) is 6.78. The van der Waals surface area contributed by atoms with Crippen molar-refractivity contribution in [1.82, 2.24) is 0 Å². The van der Waals surface area contributed by atoms with E-state index in [2.05, 4.69) is 29.2 Å². The molecule has 0 atom stereocenters. The summed E-state index contributed by atoms with van der Waals surface area (Å²) in [5.74, 6) is -0.284. The predicted octanol–water partition coefficient (Wildman–Crippen LogP) is 3.04. The second kappa shape index (κ2) is 5.37. The van der Waals surface area contributed by atoms with Crippen LogP contribution in [0.2, 0.25) is 0 Å². The lowest BCUT2D eigenvalue weighted by molar-refractivity contribution is 0.0600. The van der Waals surface area contributed by atoms with Crippen molar-refractivity contribution in [2.75, 3.05) is 18.6 Å². The van der Waals surface area contributed by atoms with E-state index >= 15 is 0 Å². The highest BCUT2D eigenvalue weighted by Gasteiger charge is 2.18. The molecule has 3 heteroatoms. The maximum atomic E-state index is 11.6. The van der Waals surface area contributed by atoms with Crippen molar-refractivity contribution in [2.45, 2.75) is 13.0 Å². The van der Waals surface area contributed by atoms with Gasteiger partial charge in [-0.05, 0) is 35.7 Å². The standard InChI is InChI=1S/C17H17NO2/c1-20-17(19)15-7-4-5-13(11-15)12-18-10-9-14-6-2-3-8-16(14)18/h2-8,11H,9-10,12H2,1H3. The average molecular weight is 267 g/mol. The molecule has 20 heavy (non-hydrogen) atoms. The van der Waals surface area contributed by atoms with Crippen molar-refractivity contribution in [2.24, 2.45) is 0 Å². The number of nitrogens with zero attached hydrogens (tertiary/aromatic N) is 1. The zero-order valence-electron chi connectivity index (χ0n) is 11.5. The summed E-state index contributed by atoms with van der Waals surface area (Å²) in [6, 6.07) is 16.1. The molecule has 0 unspecified atom stereocenters. The summed E-state index contributed by atoms with van der Waals surface area (Å²) in [7, 11) is 1.41. The van der Waals surface area contributed by atoms with E-state index in [1.54, 1.807) is 6.07 Å². The highest BCUT2D eigenvalue weighted by molar-refractivity contribution is 5.89. The third-order valence-corrected chi connectivity index (χ3v) is 3.70. The highest BCUT2D eigenvalue weighted by Crippen LogP contribution is 2.28. The van der Waals surface area contributed by atoms with Crippen LogP contribution in [0.15, 0.2) is 48.5 Å². The number of carbonyl (C=O) groups is 1. The number of para-hydroxylation sites is 1. The molecular formula is C17H17NO2. The molecule has 3 rings (SSSR count). The number of benzene rings is 2. The Kier molecular flexibility index (Phi) is 3.42. The smallest absolute Gasteiger partial charge is 0.337 e. The Hall–Kier alpha value is -2.29. The van der Waals surface area contributed by atoms with Crippen molar-refractivity contribution in [1.29, 1.82) is 0 Å². The number of esters is 1. The van der Waals surface area contributed by atoms with Crippen LogP contribution in [0.1, 0.15) is 21.5 Å². The van der Waals surface area contributed by atoms with Gasteiger partial charge >= 0.3 is 5.97 Å². The van der Waals surface area contributed by atoms with Crippen molar-refractivity contribution in [3.05, 3.63) is 65.2 Å². The van der Waals surface area contributed by atoms with E-state index in [9.17, 15) is 4.79 Å². The summed E-state index contributed by atoms with van der Waals surface area (Å²) in [5.41, 5.74) is 4.44. The Morgan fingerprint density at radius 2 is 2.05 bits per heavy atom. The molecule has 0 saturated carbocycles. The van der Waals surface area contributed by atoms with Gasteiger partial charge in [0.25, 0.3) is 0 Å². The molecule has 0 N–H and O–H groups in total. The number of carbonyl (C=O) groups excluding carboxylic acids is 1. The molecule has 0 aliphatic carbocycles. The summed E-state index contributed by atoms with van der Waals surface area (Å²) < 4.78 is 4.76. The second-order valence-corrected chi connectivity index (χ2v) is 4.99. The molecule has 1 heterocycles. The molecule has 2 aromatic carbocycles. The van der Waals surface area contributed by atoms with Gasteiger partial charge in [0.1, 0.15) is 0 Å². The summed E-state index contributed by atoms with van der Waals surface area (Å²) in [6.07, 6.45) is 1.09. The van der Waals surface area contributed by atoms with Crippen LogP contribution in [-0.4, -0.2) is 19.6 Å². The van der Waals surface area contributed by atoms with E-state index in [0.717, 1.165) is 25.1 Å². The molecule has 102 valence electrons. The monoisotopic (exact) mass is 267 g/mol. The van der Waals surface area contributed by atoms with Gasteiger partial charge in [-0.1, -0.05) is 30.3 Å². The molecule has 1 aliphatic heterocycles. The lowest BCUT2D eigenvalue weighted by Crippen LogP contribution is -2.19. The fourth-order valence-corrected chi connectivity index (χ4v) is 2.71. The van der Waals surface area contributed by atoms with E-state index in [1.165, 1.54) is 18.4 Å². The first kappa shape index (κ1) is 12.7. The number of rotatable bonds is 3. The molecular weight excluding hydrogens is 250 g/mol. The van der Waals surface area contributed by atoms with Crippen molar-refractivity contribution in [3.8, 4) is 0 Å². The van der Waals surface area contributed by atoms with Gasteiger partial charge in [-0.15, -0.1) is 0 Å². The number of methoxy groups -OCH3 is 1. The molecule has 0 amide bonds. The fourth-order valence-electron chi connectivity index (χ4n) is 2.71. The molecule has 0 bridgehead atoms. The lowest BCUT2D eigenvalue weighted by Gasteiger charge is -2.19. The fraction of sp³-hybridized carbons (Fsp3) is 0.235. The maximum absolute atomic E-state index is 11.6. The first-order chi connectivity index (χ1) is 9.78. The van der Waals surface area contributed by atoms with Crippen LogP contribution in [-0.2, 0) is 17.7 Å².